The van der Waals surface area contributed by atoms with Gasteiger partial charge in [-0.15, -0.1) is 0 Å². The Balaban J connectivity index is 2.63. The number of carbonyl (C=O) groups is 1. The third-order valence-corrected chi connectivity index (χ3v) is 3.78. The first-order valence-corrected chi connectivity index (χ1v) is 6.81. The molecule has 2 nitrogen and oxygen atoms in total. The molecule has 0 heterocycles. The molecule has 1 aliphatic carbocycles. The van der Waals surface area contributed by atoms with Crippen molar-refractivity contribution in [2.24, 2.45) is 5.41 Å². The molecule has 0 atom stereocenters. The average Bonchev–Trinajstić information content (AvgIpc) is 2.20. The summed E-state index contributed by atoms with van der Waals surface area (Å²) in [4.78, 5) is 11.9. The Morgan fingerprint density at radius 1 is 1.36 bits per heavy atom. The van der Waals surface area contributed by atoms with Crippen LogP contribution in [0, 0.1) is 5.41 Å². The molecular weight excluding hydrogens is 196 g/mol. The lowest BCUT2D eigenvalue weighted by molar-refractivity contribution is -0.155. The lowest BCUT2D eigenvalue weighted by Crippen LogP contribution is -2.37. The van der Waals surface area contributed by atoms with E-state index in [4.69, 9.17) is 4.74 Å². The molecule has 0 spiro atoms. The SMILES string of the molecule is CCOC(=O)C1(CSC)CCCCC1. The van der Waals surface area contributed by atoms with Crippen LogP contribution in [0.4, 0.5) is 0 Å². The Hall–Kier alpha value is -0.180. The number of hydrogen-bond donors (Lipinski definition) is 0. The predicted molar refractivity (Wildman–Crippen MR) is 60.5 cm³/mol. The first-order valence-electron chi connectivity index (χ1n) is 5.41. The minimum absolute atomic E-state index is 0.0362. The third kappa shape index (κ3) is 2.66. The quantitative estimate of drug-likeness (QED) is 0.676. The molecule has 0 aromatic heterocycles. The largest absolute Gasteiger partial charge is 0.466 e. The van der Waals surface area contributed by atoms with Crippen molar-refractivity contribution in [1.82, 2.24) is 0 Å². The highest BCUT2D eigenvalue weighted by molar-refractivity contribution is 7.98. The minimum atomic E-state index is -0.159. The highest BCUT2D eigenvalue weighted by Gasteiger charge is 2.40. The van der Waals surface area contributed by atoms with Crippen LogP contribution in [0.1, 0.15) is 39.0 Å². The molecule has 0 aromatic carbocycles. The molecule has 14 heavy (non-hydrogen) atoms. The number of hydrogen-bond acceptors (Lipinski definition) is 3. The maximum Gasteiger partial charge on any atom is 0.312 e. The molecule has 0 radical (unpaired) electrons. The van der Waals surface area contributed by atoms with Crippen LogP contribution in [0.25, 0.3) is 0 Å². The number of carbonyl (C=O) groups excluding carboxylic acids is 1. The summed E-state index contributed by atoms with van der Waals surface area (Å²) in [5.41, 5.74) is -0.159. The smallest absolute Gasteiger partial charge is 0.312 e. The molecule has 1 fully saturated rings. The summed E-state index contributed by atoms with van der Waals surface area (Å²) in [6.07, 6.45) is 7.74. The van der Waals surface area contributed by atoms with Gasteiger partial charge in [-0.3, -0.25) is 4.79 Å². The van der Waals surface area contributed by atoms with Gasteiger partial charge in [0.2, 0.25) is 0 Å². The van der Waals surface area contributed by atoms with Crippen LogP contribution >= 0.6 is 11.8 Å². The highest BCUT2D eigenvalue weighted by atomic mass is 32.2. The molecule has 82 valence electrons. The van der Waals surface area contributed by atoms with Gasteiger partial charge in [-0.2, -0.15) is 11.8 Å². The van der Waals surface area contributed by atoms with Crippen LogP contribution in [0.5, 0.6) is 0 Å². The van der Waals surface area contributed by atoms with E-state index >= 15 is 0 Å². The number of ether oxygens (including phenoxy) is 1. The van der Waals surface area contributed by atoms with E-state index in [0.29, 0.717) is 6.61 Å². The van der Waals surface area contributed by atoms with Crippen LogP contribution in [0.2, 0.25) is 0 Å². The fourth-order valence-electron chi connectivity index (χ4n) is 2.20. The summed E-state index contributed by atoms with van der Waals surface area (Å²) < 4.78 is 5.18. The normalized spacial score (nSPS) is 20.4. The van der Waals surface area contributed by atoms with E-state index in [2.05, 4.69) is 6.26 Å². The Kier molecular flexibility index (Phi) is 4.79. The lowest BCUT2D eigenvalue weighted by Gasteiger charge is -2.34. The second-order valence-corrected chi connectivity index (χ2v) is 4.86. The molecule has 1 saturated carbocycles. The third-order valence-electron chi connectivity index (χ3n) is 2.94. The van der Waals surface area contributed by atoms with Gasteiger partial charge in [0, 0.05) is 5.75 Å². The molecular formula is C11H20O2S. The van der Waals surface area contributed by atoms with Crippen molar-refractivity contribution < 1.29 is 9.53 Å². The van der Waals surface area contributed by atoms with Crippen molar-refractivity contribution in [3.8, 4) is 0 Å². The van der Waals surface area contributed by atoms with E-state index in [9.17, 15) is 4.79 Å². The van der Waals surface area contributed by atoms with E-state index in [1.807, 2.05) is 6.92 Å². The maximum absolute atomic E-state index is 11.9. The van der Waals surface area contributed by atoms with Gasteiger partial charge in [0.25, 0.3) is 0 Å². The van der Waals surface area contributed by atoms with Crippen LogP contribution in [0.15, 0.2) is 0 Å². The van der Waals surface area contributed by atoms with Crippen LogP contribution < -0.4 is 0 Å². The van der Waals surface area contributed by atoms with Crippen molar-refractivity contribution in [3.63, 3.8) is 0 Å². The Labute approximate surface area is 90.8 Å². The molecule has 0 amide bonds. The zero-order valence-electron chi connectivity index (χ0n) is 9.17. The fourth-order valence-corrected chi connectivity index (χ4v) is 3.16. The summed E-state index contributed by atoms with van der Waals surface area (Å²) in [5, 5.41) is 0. The second kappa shape index (κ2) is 5.64. The number of thioether (sulfide) groups is 1. The molecule has 1 aliphatic rings. The van der Waals surface area contributed by atoms with Gasteiger partial charge in [-0.25, -0.2) is 0 Å². The van der Waals surface area contributed by atoms with Gasteiger partial charge in [0.05, 0.1) is 12.0 Å². The first-order chi connectivity index (χ1) is 6.75. The summed E-state index contributed by atoms with van der Waals surface area (Å²) in [7, 11) is 0. The first kappa shape index (κ1) is 11.9. The van der Waals surface area contributed by atoms with Gasteiger partial charge in [-0.05, 0) is 26.0 Å². The summed E-state index contributed by atoms with van der Waals surface area (Å²) in [5.74, 6) is 0.959. The monoisotopic (exact) mass is 216 g/mol. The summed E-state index contributed by atoms with van der Waals surface area (Å²) in [6.45, 7) is 2.39. The molecule has 3 heteroatoms. The Morgan fingerprint density at radius 3 is 2.50 bits per heavy atom. The second-order valence-electron chi connectivity index (χ2n) is 3.99. The van der Waals surface area contributed by atoms with Gasteiger partial charge >= 0.3 is 5.97 Å². The molecule has 0 unspecified atom stereocenters. The van der Waals surface area contributed by atoms with Gasteiger partial charge in [-0.1, -0.05) is 19.3 Å². The van der Waals surface area contributed by atoms with E-state index in [1.165, 1.54) is 19.3 Å². The minimum Gasteiger partial charge on any atom is -0.466 e. The number of esters is 1. The molecule has 0 saturated heterocycles. The fraction of sp³-hybridized carbons (Fsp3) is 0.909. The van der Waals surface area contributed by atoms with Crippen molar-refractivity contribution in [1.29, 1.82) is 0 Å². The van der Waals surface area contributed by atoms with Crippen molar-refractivity contribution in [2.75, 3.05) is 18.6 Å². The Morgan fingerprint density at radius 2 is 2.00 bits per heavy atom. The molecule has 0 bridgehead atoms. The van der Waals surface area contributed by atoms with E-state index in [-0.39, 0.29) is 11.4 Å². The topological polar surface area (TPSA) is 26.3 Å². The van der Waals surface area contributed by atoms with E-state index in [0.717, 1.165) is 18.6 Å². The van der Waals surface area contributed by atoms with Crippen molar-refractivity contribution >= 4 is 17.7 Å². The maximum atomic E-state index is 11.9. The van der Waals surface area contributed by atoms with Gasteiger partial charge in [0.15, 0.2) is 0 Å². The average molecular weight is 216 g/mol. The zero-order chi connectivity index (χ0) is 10.4. The van der Waals surface area contributed by atoms with E-state index in [1.54, 1.807) is 11.8 Å². The van der Waals surface area contributed by atoms with Gasteiger partial charge < -0.3 is 4.74 Å². The van der Waals surface area contributed by atoms with Crippen LogP contribution in [-0.2, 0) is 9.53 Å². The highest BCUT2D eigenvalue weighted by Crippen LogP contribution is 2.39. The van der Waals surface area contributed by atoms with Gasteiger partial charge in [0.1, 0.15) is 0 Å². The van der Waals surface area contributed by atoms with Crippen molar-refractivity contribution in [3.05, 3.63) is 0 Å². The zero-order valence-corrected chi connectivity index (χ0v) is 9.99. The van der Waals surface area contributed by atoms with Crippen LogP contribution in [-0.4, -0.2) is 24.6 Å². The van der Waals surface area contributed by atoms with Crippen molar-refractivity contribution in [2.45, 2.75) is 39.0 Å². The molecule has 0 aliphatic heterocycles. The standard InChI is InChI=1S/C11H20O2S/c1-3-13-10(12)11(9-14-2)7-5-4-6-8-11/h3-9H2,1-2H3. The van der Waals surface area contributed by atoms with E-state index < -0.39 is 0 Å². The molecule has 1 rings (SSSR count). The predicted octanol–water partition coefficient (Wildman–Crippen LogP) is 2.86. The van der Waals surface area contributed by atoms with Crippen LogP contribution in [0.3, 0.4) is 0 Å². The molecule has 0 N–H and O–H groups in total. The Bertz CT molecular complexity index is 180. The lowest BCUT2D eigenvalue weighted by atomic mass is 9.75. The summed E-state index contributed by atoms with van der Waals surface area (Å²) in [6, 6.07) is 0. The summed E-state index contributed by atoms with van der Waals surface area (Å²) >= 11 is 1.76. The number of rotatable bonds is 4. The molecule has 0 aromatic rings.